The molecule has 1 aliphatic heterocycles. The Balaban J connectivity index is 2.30. The molecule has 19 heavy (non-hydrogen) atoms. The number of hydrogen-bond donors (Lipinski definition) is 1. The van der Waals surface area contributed by atoms with Gasteiger partial charge in [-0.2, -0.15) is 0 Å². The van der Waals surface area contributed by atoms with Gasteiger partial charge in [-0.05, 0) is 51.7 Å². The summed E-state index contributed by atoms with van der Waals surface area (Å²) in [5.41, 5.74) is 3.27. The van der Waals surface area contributed by atoms with Crippen molar-refractivity contribution >= 4 is 5.91 Å². The minimum atomic E-state index is -0.750. The van der Waals surface area contributed by atoms with Gasteiger partial charge < -0.3 is 10.0 Å². The molecule has 0 aromatic heterocycles. The van der Waals surface area contributed by atoms with Gasteiger partial charge in [-0.3, -0.25) is 4.79 Å². The van der Waals surface area contributed by atoms with E-state index in [1.54, 1.807) is 11.8 Å². The van der Waals surface area contributed by atoms with Crippen molar-refractivity contribution in [3.05, 3.63) is 34.4 Å². The molecule has 0 radical (unpaired) electrons. The van der Waals surface area contributed by atoms with Gasteiger partial charge in [-0.25, -0.2) is 0 Å². The van der Waals surface area contributed by atoms with Gasteiger partial charge in [-0.15, -0.1) is 0 Å². The zero-order valence-electron chi connectivity index (χ0n) is 12.3. The molecule has 1 aromatic carbocycles. The number of rotatable bonds is 1. The van der Waals surface area contributed by atoms with Crippen LogP contribution in [-0.2, 0) is 0 Å². The topological polar surface area (TPSA) is 40.5 Å². The van der Waals surface area contributed by atoms with Crippen molar-refractivity contribution in [1.82, 2.24) is 4.90 Å². The van der Waals surface area contributed by atoms with E-state index in [-0.39, 0.29) is 5.91 Å². The number of nitrogens with zero attached hydrogens (tertiary/aromatic N) is 1. The molecule has 1 heterocycles. The van der Waals surface area contributed by atoms with Crippen LogP contribution in [0.15, 0.2) is 12.1 Å². The first-order valence-electron chi connectivity index (χ1n) is 6.90. The summed E-state index contributed by atoms with van der Waals surface area (Å²) in [5, 5.41) is 10.1. The molecule has 0 spiro atoms. The quantitative estimate of drug-likeness (QED) is 0.844. The largest absolute Gasteiger partial charge is 0.388 e. The van der Waals surface area contributed by atoms with Crippen LogP contribution in [0.3, 0.4) is 0 Å². The van der Waals surface area contributed by atoms with E-state index in [4.69, 9.17) is 0 Å². The Kier molecular flexibility index (Phi) is 3.68. The third-order valence-electron chi connectivity index (χ3n) is 3.85. The van der Waals surface area contributed by atoms with Gasteiger partial charge in [0.25, 0.3) is 5.91 Å². The minimum absolute atomic E-state index is 0.0509. The van der Waals surface area contributed by atoms with Crippen LogP contribution >= 0.6 is 0 Å². The third kappa shape index (κ3) is 2.98. The normalized spacial score (nSPS) is 23.5. The second-order valence-electron chi connectivity index (χ2n) is 6.10. The maximum Gasteiger partial charge on any atom is 0.254 e. The number of benzene rings is 1. The maximum atomic E-state index is 12.7. The molecular weight excluding hydrogens is 238 g/mol. The molecule has 0 bridgehead atoms. The molecular formula is C16H23NO2. The average molecular weight is 261 g/mol. The molecule has 1 fully saturated rings. The Hall–Kier alpha value is -1.35. The Morgan fingerprint density at radius 2 is 1.84 bits per heavy atom. The number of aryl methyl sites for hydroxylation is 3. The van der Waals surface area contributed by atoms with E-state index in [0.717, 1.165) is 36.1 Å². The van der Waals surface area contributed by atoms with Gasteiger partial charge >= 0.3 is 0 Å². The highest BCUT2D eigenvalue weighted by molar-refractivity contribution is 5.97. The molecule has 1 aromatic rings. The molecule has 2 rings (SSSR count). The van der Waals surface area contributed by atoms with Crippen molar-refractivity contribution in [3.63, 3.8) is 0 Å². The zero-order valence-corrected chi connectivity index (χ0v) is 12.3. The summed E-state index contributed by atoms with van der Waals surface area (Å²) in [6, 6.07) is 4.09. The second kappa shape index (κ2) is 4.97. The number of likely N-dealkylation sites (tertiary alicyclic amines) is 1. The van der Waals surface area contributed by atoms with Crippen LogP contribution in [0, 0.1) is 20.8 Å². The molecule has 1 atom stereocenters. The molecule has 104 valence electrons. The number of carbonyl (C=O) groups is 1. The van der Waals surface area contributed by atoms with Crippen molar-refractivity contribution < 1.29 is 9.90 Å². The number of hydrogen-bond acceptors (Lipinski definition) is 2. The highest BCUT2D eigenvalue weighted by Crippen LogP contribution is 2.24. The standard InChI is InChI=1S/C16H23NO2/c1-11-8-12(2)14(13(3)9-11)15(18)17-7-5-6-16(4,19)10-17/h8-9,19H,5-7,10H2,1-4H3. The number of aliphatic hydroxyl groups is 1. The summed E-state index contributed by atoms with van der Waals surface area (Å²) in [4.78, 5) is 14.4. The predicted molar refractivity (Wildman–Crippen MR) is 76.4 cm³/mol. The smallest absolute Gasteiger partial charge is 0.254 e. The van der Waals surface area contributed by atoms with Crippen LogP contribution in [0.1, 0.15) is 46.8 Å². The van der Waals surface area contributed by atoms with E-state index in [2.05, 4.69) is 0 Å². The van der Waals surface area contributed by atoms with E-state index in [1.165, 1.54) is 5.56 Å². The lowest BCUT2D eigenvalue weighted by Gasteiger charge is -2.37. The third-order valence-corrected chi connectivity index (χ3v) is 3.85. The van der Waals surface area contributed by atoms with Crippen LogP contribution < -0.4 is 0 Å². The summed E-state index contributed by atoms with van der Waals surface area (Å²) in [6.45, 7) is 8.98. The van der Waals surface area contributed by atoms with Gasteiger partial charge in [0.1, 0.15) is 0 Å². The van der Waals surface area contributed by atoms with Crippen molar-refractivity contribution in [2.24, 2.45) is 0 Å². The van der Waals surface area contributed by atoms with Gasteiger partial charge in [0.2, 0.25) is 0 Å². The summed E-state index contributed by atoms with van der Waals surface area (Å²) in [6.07, 6.45) is 1.63. The first-order chi connectivity index (χ1) is 8.80. The van der Waals surface area contributed by atoms with E-state index < -0.39 is 5.60 Å². The van der Waals surface area contributed by atoms with Crippen molar-refractivity contribution in [2.75, 3.05) is 13.1 Å². The summed E-state index contributed by atoms with van der Waals surface area (Å²) >= 11 is 0. The van der Waals surface area contributed by atoms with Crippen LogP contribution in [0.25, 0.3) is 0 Å². The van der Waals surface area contributed by atoms with Gasteiger partial charge in [0.15, 0.2) is 0 Å². The molecule has 1 unspecified atom stereocenters. The predicted octanol–water partition coefficient (Wildman–Crippen LogP) is 2.60. The highest BCUT2D eigenvalue weighted by Gasteiger charge is 2.32. The first-order valence-corrected chi connectivity index (χ1v) is 6.90. The van der Waals surface area contributed by atoms with Gasteiger partial charge in [0, 0.05) is 18.7 Å². The molecule has 1 N–H and O–H groups in total. The van der Waals surface area contributed by atoms with Crippen LogP contribution in [0.4, 0.5) is 0 Å². The van der Waals surface area contributed by atoms with E-state index in [0.29, 0.717) is 6.54 Å². The van der Waals surface area contributed by atoms with E-state index in [9.17, 15) is 9.90 Å². The maximum absolute atomic E-state index is 12.7. The number of β-amino-alcohol motifs (C(OH)–C–C–N with tert-alkyl or cyclic N) is 1. The van der Waals surface area contributed by atoms with Crippen molar-refractivity contribution in [3.8, 4) is 0 Å². The molecule has 0 aliphatic carbocycles. The Morgan fingerprint density at radius 3 is 2.37 bits per heavy atom. The molecule has 1 amide bonds. The Labute approximate surface area is 115 Å². The molecule has 3 nitrogen and oxygen atoms in total. The highest BCUT2D eigenvalue weighted by atomic mass is 16.3. The fourth-order valence-corrected chi connectivity index (χ4v) is 3.07. The lowest BCUT2D eigenvalue weighted by Crippen LogP contribution is -2.48. The minimum Gasteiger partial charge on any atom is -0.388 e. The van der Waals surface area contributed by atoms with Crippen molar-refractivity contribution in [1.29, 1.82) is 0 Å². The Bertz CT molecular complexity index is 482. The summed E-state index contributed by atoms with van der Waals surface area (Å²) in [5.74, 6) is 0.0509. The summed E-state index contributed by atoms with van der Waals surface area (Å²) in [7, 11) is 0. The fraction of sp³-hybridized carbons (Fsp3) is 0.562. The number of piperidine rings is 1. The SMILES string of the molecule is Cc1cc(C)c(C(=O)N2CCCC(C)(O)C2)c(C)c1. The van der Waals surface area contributed by atoms with Crippen molar-refractivity contribution in [2.45, 2.75) is 46.1 Å². The lowest BCUT2D eigenvalue weighted by molar-refractivity contribution is -0.0108. The van der Waals surface area contributed by atoms with Crippen LogP contribution in [0.5, 0.6) is 0 Å². The van der Waals surface area contributed by atoms with Crippen LogP contribution in [-0.4, -0.2) is 34.6 Å². The molecule has 1 aliphatic rings. The molecule has 3 heteroatoms. The number of carbonyl (C=O) groups excluding carboxylic acids is 1. The first kappa shape index (κ1) is 14.1. The molecule has 0 saturated carbocycles. The zero-order chi connectivity index (χ0) is 14.2. The second-order valence-corrected chi connectivity index (χ2v) is 6.10. The molecule has 1 saturated heterocycles. The van der Waals surface area contributed by atoms with Gasteiger partial charge in [0.05, 0.1) is 5.60 Å². The average Bonchev–Trinajstić information content (AvgIpc) is 2.25. The number of amides is 1. The Morgan fingerprint density at radius 1 is 1.26 bits per heavy atom. The van der Waals surface area contributed by atoms with Gasteiger partial charge in [-0.1, -0.05) is 17.7 Å². The lowest BCUT2D eigenvalue weighted by atomic mass is 9.93. The monoisotopic (exact) mass is 261 g/mol. The van der Waals surface area contributed by atoms with E-state index in [1.807, 2.05) is 32.9 Å². The van der Waals surface area contributed by atoms with E-state index >= 15 is 0 Å². The van der Waals surface area contributed by atoms with Crippen LogP contribution in [0.2, 0.25) is 0 Å². The summed E-state index contributed by atoms with van der Waals surface area (Å²) < 4.78 is 0. The fourth-order valence-electron chi connectivity index (χ4n) is 3.07.